The third-order valence-corrected chi connectivity index (χ3v) is 4.66. The standard InChI is InChI=1S/C16H23NO2/c1-11-3-4-15-13(9-11)14(17)10-16(19-15)7-5-12(18-2)6-8-16/h3-4,9,12,14H,5-8,10,17H2,1-2H3. The molecule has 1 aliphatic carbocycles. The Hall–Kier alpha value is -1.06. The summed E-state index contributed by atoms with van der Waals surface area (Å²) >= 11 is 0. The summed E-state index contributed by atoms with van der Waals surface area (Å²) in [7, 11) is 1.80. The molecule has 0 bridgehead atoms. The number of aryl methyl sites for hydroxylation is 1. The lowest BCUT2D eigenvalue weighted by atomic mass is 9.76. The highest BCUT2D eigenvalue weighted by molar-refractivity contribution is 5.41. The molecule has 3 nitrogen and oxygen atoms in total. The van der Waals surface area contributed by atoms with Gasteiger partial charge >= 0.3 is 0 Å². The largest absolute Gasteiger partial charge is 0.487 e. The smallest absolute Gasteiger partial charge is 0.124 e. The monoisotopic (exact) mass is 261 g/mol. The van der Waals surface area contributed by atoms with Gasteiger partial charge in [0.15, 0.2) is 0 Å². The Bertz CT molecular complexity index is 464. The average molecular weight is 261 g/mol. The third kappa shape index (κ3) is 2.37. The molecule has 104 valence electrons. The second-order valence-electron chi connectivity index (χ2n) is 6.07. The van der Waals surface area contributed by atoms with E-state index in [0.717, 1.165) is 37.9 Å². The molecule has 3 heteroatoms. The van der Waals surface area contributed by atoms with E-state index >= 15 is 0 Å². The van der Waals surface area contributed by atoms with E-state index in [-0.39, 0.29) is 11.6 Å². The molecule has 1 aromatic carbocycles. The van der Waals surface area contributed by atoms with Crippen LogP contribution in [0.2, 0.25) is 0 Å². The van der Waals surface area contributed by atoms with Crippen molar-refractivity contribution >= 4 is 0 Å². The van der Waals surface area contributed by atoms with Crippen molar-refractivity contribution in [1.82, 2.24) is 0 Å². The van der Waals surface area contributed by atoms with E-state index in [4.69, 9.17) is 15.2 Å². The van der Waals surface area contributed by atoms with Crippen LogP contribution in [0.3, 0.4) is 0 Å². The Balaban J connectivity index is 1.83. The van der Waals surface area contributed by atoms with E-state index in [9.17, 15) is 0 Å². The van der Waals surface area contributed by atoms with Crippen molar-refractivity contribution in [2.75, 3.05) is 7.11 Å². The van der Waals surface area contributed by atoms with E-state index in [1.54, 1.807) is 7.11 Å². The van der Waals surface area contributed by atoms with Crippen LogP contribution in [0.1, 0.15) is 49.3 Å². The Morgan fingerprint density at radius 3 is 2.74 bits per heavy atom. The Kier molecular flexibility index (Phi) is 3.27. The van der Waals surface area contributed by atoms with Gasteiger partial charge in [0.25, 0.3) is 0 Å². The number of benzene rings is 1. The van der Waals surface area contributed by atoms with Gasteiger partial charge < -0.3 is 15.2 Å². The van der Waals surface area contributed by atoms with Crippen molar-refractivity contribution in [3.63, 3.8) is 0 Å². The van der Waals surface area contributed by atoms with Crippen LogP contribution in [0.4, 0.5) is 0 Å². The molecule has 0 radical (unpaired) electrons. The predicted octanol–water partition coefficient (Wildman–Crippen LogP) is 3.11. The topological polar surface area (TPSA) is 44.5 Å². The summed E-state index contributed by atoms with van der Waals surface area (Å²) in [6, 6.07) is 6.44. The van der Waals surface area contributed by atoms with Gasteiger partial charge in [0.05, 0.1) is 6.10 Å². The van der Waals surface area contributed by atoms with Gasteiger partial charge in [-0.2, -0.15) is 0 Å². The molecule has 19 heavy (non-hydrogen) atoms. The van der Waals surface area contributed by atoms with Crippen LogP contribution in [-0.4, -0.2) is 18.8 Å². The lowest BCUT2D eigenvalue weighted by Gasteiger charge is -2.45. The first-order chi connectivity index (χ1) is 9.12. The summed E-state index contributed by atoms with van der Waals surface area (Å²) in [5.74, 6) is 0.986. The van der Waals surface area contributed by atoms with Crippen molar-refractivity contribution in [2.24, 2.45) is 5.73 Å². The summed E-state index contributed by atoms with van der Waals surface area (Å²) in [6.07, 6.45) is 5.57. The maximum Gasteiger partial charge on any atom is 0.124 e. The maximum absolute atomic E-state index is 6.38. The van der Waals surface area contributed by atoms with E-state index in [1.807, 2.05) is 0 Å². The fourth-order valence-electron chi connectivity index (χ4n) is 3.50. The van der Waals surface area contributed by atoms with Gasteiger partial charge in [-0.1, -0.05) is 17.7 Å². The molecule has 1 aromatic rings. The molecule has 1 saturated carbocycles. The molecule has 1 atom stereocenters. The quantitative estimate of drug-likeness (QED) is 0.844. The van der Waals surface area contributed by atoms with Gasteiger partial charge in [-0.3, -0.25) is 0 Å². The van der Waals surface area contributed by atoms with Crippen molar-refractivity contribution in [3.8, 4) is 5.75 Å². The van der Waals surface area contributed by atoms with E-state index in [0.29, 0.717) is 6.10 Å². The fraction of sp³-hybridized carbons (Fsp3) is 0.625. The van der Waals surface area contributed by atoms with E-state index in [2.05, 4.69) is 25.1 Å². The molecule has 0 aromatic heterocycles. The van der Waals surface area contributed by atoms with E-state index < -0.39 is 0 Å². The summed E-state index contributed by atoms with van der Waals surface area (Å²) in [5, 5.41) is 0. The van der Waals surface area contributed by atoms with Crippen LogP contribution < -0.4 is 10.5 Å². The van der Waals surface area contributed by atoms with E-state index in [1.165, 1.54) is 11.1 Å². The van der Waals surface area contributed by atoms with Crippen LogP contribution in [-0.2, 0) is 4.74 Å². The maximum atomic E-state index is 6.38. The highest BCUT2D eigenvalue weighted by atomic mass is 16.5. The molecule has 1 heterocycles. The second kappa shape index (κ2) is 4.80. The molecule has 3 rings (SSSR count). The number of hydrogen-bond acceptors (Lipinski definition) is 3. The van der Waals surface area contributed by atoms with Crippen molar-refractivity contribution in [1.29, 1.82) is 0 Å². The van der Waals surface area contributed by atoms with Crippen LogP contribution in [0.5, 0.6) is 5.75 Å². The van der Waals surface area contributed by atoms with Gasteiger partial charge in [0.1, 0.15) is 11.4 Å². The number of nitrogens with two attached hydrogens (primary N) is 1. The average Bonchev–Trinajstić information content (AvgIpc) is 2.41. The molecule has 2 N–H and O–H groups in total. The van der Waals surface area contributed by atoms with Gasteiger partial charge in [-0.25, -0.2) is 0 Å². The first-order valence-electron chi connectivity index (χ1n) is 7.20. The molecular weight excluding hydrogens is 238 g/mol. The first kappa shape index (κ1) is 12.9. The molecule has 1 fully saturated rings. The van der Waals surface area contributed by atoms with Gasteiger partial charge in [-0.15, -0.1) is 0 Å². The number of fused-ring (bicyclic) bond motifs is 1. The summed E-state index contributed by atoms with van der Waals surface area (Å²) < 4.78 is 11.8. The van der Waals surface area contributed by atoms with Crippen LogP contribution in [0, 0.1) is 6.92 Å². The minimum absolute atomic E-state index is 0.0588. The first-order valence-corrected chi connectivity index (χ1v) is 7.20. The van der Waals surface area contributed by atoms with Gasteiger partial charge in [0, 0.05) is 25.1 Å². The Labute approximate surface area is 115 Å². The minimum atomic E-state index is -0.0588. The van der Waals surface area contributed by atoms with Crippen molar-refractivity contribution < 1.29 is 9.47 Å². The van der Waals surface area contributed by atoms with Crippen molar-refractivity contribution in [3.05, 3.63) is 29.3 Å². The number of hydrogen-bond donors (Lipinski definition) is 1. The van der Waals surface area contributed by atoms with Gasteiger partial charge in [-0.05, 0) is 38.7 Å². The highest BCUT2D eigenvalue weighted by Crippen LogP contribution is 2.45. The molecule has 0 amide bonds. The Morgan fingerprint density at radius 1 is 1.32 bits per heavy atom. The molecule has 1 unspecified atom stereocenters. The fourth-order valence-corrected chi connectivity index (χ4v) is 3.50. The molecule has 0 saturated heterocycles. The number of methoxy groups -OCH3 is 1. The Morgan fingerprint density at radius 2 is 2.05 bits per heavy atom. The zero-order valence-corrected chi connectivity index (χ0v) is 11.8. The van der Waals surface area contributed by atoms with Gasteiger partial charge in [0.2, 0.25) is 0 Å². The summed E-state index contributed by atoms with van der Waals surface area (Å²) in [6.45, 7) is 2.10. The number of ether oxygens (including phenoxy) is 2. The second-order valence-corrected chi connectivity index (χ2v) is 6.07. The molecule has 1 spiro atoms. The molecule has 1 aliphatic heterocycles. The highest BCUT2D eigenvalue weighted by Gasteiger charge is 2.42. The SMILES string of the molecule is COC1CCC2(CC1)CC(N)c1cc(C)ccc1O2. The molecule has 2 aliphatic rings. The zero-order valence-electron chi connectivity index (χ0n) is 11.8. The van der Waals surface area contributed by atoms with Crippen LogP contribution in [0.25, 0.3) is 0 Å². The lowest BCUT2D eigenvalue weighted by Crippen LogP contribution is -2.46. The van der Waals surface area contributed by atoms with Crippen LogP contribution in [0.15, 0.2) is 18.2 Å². The predicted molar refractivity (Wildman–Crippen MR) is 75.3 cm³/mol. The zero-order chi connectivity index (χ0) is 13.5. The summed E-state index contributed by atoms with van der Waals surface area (Å²) in [5.41, 5.74) is 8.73. The van der Waals surface area contributed by atoms with Crippen molar-refractivity contribution in [2.45, 2.75) is 56.8 Å². The minimum Gasteiger partial charge on any atom is -0.487 e. The molecular formula is C16H23NO2. The summed E-state index contributed by atoms with van der Waals surface area (Å²) in [4.78, 5) is 0. The lowest BCUT2D eigenvalue weighted by molar-refractivity contribution is -0.0428. The number of rotatable bonds is 1. The third-order valence-electron chi connectivity index (χ3n) is 4.66. The van der Waals surface area contributed by atoms with Crippen LogP contribution >= 0.6 is 0 Å². The normalized spacial score (nSPS) is 33.8.